The smallest absolute Gasteiger partial charge is 0.175 e. The molecule has 0 radical (unpaired) electrons. The van der Waals surface area contributed by atoms with Gasteiger partial charge in [-0.2, -0.15) is 0 Å². The quantitative estimate of drug-likeness (QED) is 0.840. The molecule has 2 aliphatic heterocycles. The van der Waals surface area contributed by atoms with Crippen LogP contribution in [0.2, 0.25) is 0 Å². The molecule has 2 aliphatic rings. The minimum absolute atomic E-state index is 0.231. The van der Waals surface area contributed by atoms with Crippen LogP contribution in [0.5, 0.6) is 0 Å². The third kappa shape index (κ3) is 4.73. The number of aliphatic hydroxyl groups excluding tert-OH is 1. The molecule has 1 aromatic carbocycles. The van der Waals surface area contributed by atoms with Crippen molar-refractivity contribution < 1.29 is 18.3 Å². The topological polar surface area (TPSA) is 70.1 Å². The Hall–Kier alpha value is -1.15. The maximum atomic E-state index is 12.0. The van der Waals surface area contributed by atoms with Gasteiger partial charge in [0.05, 0.1) is 18.1 Å². The highest BCUT2D eigenvalue weighted by atomic mass is 32.2. The number of anilines is 1. The molecule has 140 valence electrons. The minimum atomic E-state index is -3.35. The van der Waals surface area contributed by atoms with Crippen molar-refractivity contribution in [3.8, 4) is 0 Å². The maximum absolute atomic E-state index is 12.0. The maximum Gasteiger partial charge on any atom is 0.175 e. The number of benzene rings is 1. The zero-order chi connectivity index (χ0) is 17.9. The van der Waals surface area contributed by atoms with Crippen LogP contribution in [-0.4, -0.2) is 70.6 Å². The van der Waals surface area contributed by atoms with Gasteiger partial charge in [-0.1, -0.05) is 6.07 Å². The fraction of sp³-hybridized carbons (Fsp3) is 0.667. The van der Waals surface area contributed by atoms with Crippen LogP contribution in [0.15, 0.2) is 23.1 Å². The summed E-state index contributed by atoms with van der Waals surface area (Å²) in [6, 6.07) is 5.33. The molecule has 6 nitrogen and oxygen atoms in total. The SMILES string of the molecule is CS(=O)(=O)c1cc(N2CCN(CC3CCCOC3)CC2)ccc1CO. The Labute approximate surface area is 150 Å². The van der Waals surface area contributed by atoms with Gasteiger partial charge in [-0.3, -0.25) is 4.90 Å². The Morgan fingerprint density at radius 1 is 1.24 bits per heavy atom. The molecule has 1 aromatic rings. The second-order valence-electron chi connectivity index (χ2n) is 7.09. The van der Waals surface area contributed by atoms with Crippen molar-refractivity contribution in [2.75, 3.05) is 57.1 Å². The van der Waals surface area contributed by atoms with E-state index in [1.807, 2.05) is 6.07 Å². The predicted octanol–water partition coefficient (Wildman–Crippen LogP) is 1.13. The van der Waals surface area contributed by atoms with Gasteiger partial charge < -0.3 is 14.7 Å². The largest absolute Gasteiger partial charge is 0.392 e. The number of aliphatic hydroxyl groups is 1. The van der Waals surface area contributed by atoms with E-state index < -0.39 is 9.84 Å². The van der Waals surface area contributed by atoms with Gasteiger partial charge in [0.15, 0.2) is 9.84 Å². The van der Waals surface area contributed by atoms with Crippen molar-refractivity contribution >= 4 is 15.5 Å². The zero-order valence-electron chi connectivity index (χ0n) is 14.9. The summed E-state index contributed by atoms with van der Waals surface area (Å²) in [5.74, 6) is 0.640. The summed E-state index contributed by atoms with van der Waals surface area (Å²) in [7, 11) is -3.35. The van der Waals surface area contributed by atoms with Crippen molar-refractivity contribution in [3.05, 3.63) is 23.8 Å². The van der Waals surface area contributed by atoms with E-state index in [2.05, 4.69) is 9.80 Å². The third-order valence-electron chi connectivity index (χ3n) is 5.13. The zero-order valence-corrected chi connectivity index (χ0v) is 15.7. The van der Waals surface area contributed by atoms with Gasteiger partial charge in [-0.25, -0.2) is 8.42 Å². The number of piperazine rings is 1. The van der Waals surface area contributed by atoms with Gasteiger partial charge in [0.25, 0.3) is 0 Å². The van der Waals surface area contributed by atoms with E-state index in [0.717, 1.165) is 58.0 Å². The third-order valence-corrected chi connectivity index (χ3v) is 6.31. The first-order valence-electron chi connectivity index (χ1n) is 8.96. The number of hydrogen-bond acceptors (Lipinski definition) is 6. The first kappa shape index (κ1) is 18.6. The molecule has 0 aliphatic carbocycles. The molecule has 2 fully saturated rings. The molecule has 25 heavy (non-hydrogen) atoms. The molecule has 0 saturated carbocycles. The highest BCUT2D eigenvalue weighted by Gasteiger charge is 2.23. The second-order valence-corrected chi connectivity index (χ2v) is 9.08. The average molecular weight is 368 g/mol. The number of sulfone groups is 1. The summed E-state index contributed by atoms with van der Waals surface area (Å²) in [6.07, 6.45) is 3.60. The molecule has 0 aromatic heterocycles. The molecule has 2 saturated heterocycles. The summed E-state index contributed by atoms with van der Waals surface area (Å²) >= 11 is 0. The molecule has 0 amide bonds. The average Bonchev–Trinajstić information content (AvgIpc) is 2.62. The van der Waals surface area contributed by atoms with E-state index in [1.165, 1.54) is 12.7 Å². The molecule has 0 bridgehead atoms. The molecule has 7 heteroatoms. The molecule has 1 atom stereocenters. The van der Waals surface area contributed by atoms with Crippen LogP contribution in [0.4, 0.5) is 5.69 Å². The van der Waals surface area contributed by atoms with Crippen molar-refractivity contribution in [2.24, 2.45) is 5.92 Å². The standard InChI is InChI=1S/C18H28N2O4S/c1-25(22,23)18-11-17(5-4-16(18)13-21)20-8-6-19(7-9-20)12-15-3-2-10-24-14-15/h4-5,11,15,21H,2-3,6-10,12-14H2,1H3. The van der Waals surface area contributed by atoms with E-state index >= 15 is 0 Å². The highest BCUT2D eigenvalue weighted by molar-refractivity contribution is 7.90. The molecule has 1 N–H and O–H groups in total. The van der Waals surface area contributed by atoms with E-state index in [0.29, 0.717) is 11.5 Å². The fourth-order valence-corrected chi connectivity index (χ4v) is 4.66. The van der Waals surface area contributed by atoms with E-state index in [1.54, 1.807) is 12.1 Å². The van der Waals surface area contributed by atoms with Crippen LogP contribution in [0.25, 0.3) is 0 Å². The molecule has 1 unspecified atom stereocenters. The predicted molar refractivity (Wildman–Crippen MR) is 97.7 cm³/mol. The van der Waals surface area contributed by atoms with Crippen molar-refractivity contribution in [1.82, 2.24) is 4.90 Å². The molecule has 3 rings (SSSR count). The van der Waals surface area contributed by atoms with Gasteiger partial charge >= 0.3 is 0 Å². The Kier molecular flexibility index (Phi) is 5.99. The monoisotopic (exact) mass is 368 g/mol. The van der Waals surface area contributed by atoms with Gasteiger partial charge in [0.2, 0.25) is 0 Å². The van der Waals surface area contributed by atoms with Gasteiger partial charge in [0.1, 0.15) is 0 Å². The first-order valence-corrected chi connectivity index (χ1v) is 10.9. The van der Waals surface area contributed by atoms with Crippen LogP contribution in [-0.2, 0) is 21.2 Å². The Bertz CT molecular complexity index is 678. The first-order chi connectivity index (χ1) is 12.0. The fourth-order valence-electron chi connectivity index (χ4n) is 3.72. The van der Waals surface area contributed by atoms with E-state index in [-0.39, 0.29) is 11.5 Å². The molecular weight excluding hydrogens is 340 g/mol. The van der Waals surface area contributed by atoms with Gasteiger partial charge in [0, 0.05) is 51.3 Å². The Balaban J connectivity index is 1.62. The summed E-state index contributed by atoms with van der Waals surface area (Å²) in [5, 5.41) is 9.38. The highest BCUT2D eigenvalue weighted by Crippen LogP contribution is 2.25. The van der Waals surface area contributed by atoms with Crippen molar-refractivity contribution in [2.45, 2.75) is 24.3 Å². The lowest BCUT2D eigenvalue weighted by atomic mass is 10.0. The van der Waals surface area contributed by atoms with Gasteiger partial charge in [-0.05, 0) is 36.5 Å². The van der Waals surface area contributed by atoms with Crippen LogP contribution < -0.4 is 4.90 Å². The summed E-state index contributed by atoms with van der Waals surface area (Å²) < 4.78 is 29.5. The van der Waals surface area contributed by atoms with E-state index in [4.69, 9.17) is 4.74 Å². The number of rotatable bonds is 5. The summed E-state index contributed by atoms with van der Waals surface area (Å²) in [4.78, 5) is 4.94. The normalized spacial score (nSPS) is 23.0. The molecule has 0 spiro atoms. The van der Waals surface area contributed by atoms with Crippen LogP contribution in [0.1, 0.15) is 18.4 Å². The van der Waals surface area contributed by atoms with E-state index in [9.17, 15) is 13.5 Å². The molecular formula is C18H28N2O4S. The lowest BCUT2D eigenvalue weighted by Gasteiger charge is -2.38. The number of ether oxygens (including phenoxy) is 1. The number of hydrogen-bond donors (Lipinski definition) is 1. The molecule has 2 heterocycles. The minimum Gasteiger partial charge on any atom is -0.392 e. The van der Waals surface area contributed by atoms with Crippen molar-refractivity contribution in [3.63, 3.8) is 0 Å². The summed E-state index contributed by atoms with van der Waals surface area (Å²) in [5.41, 5.74) is 1.38. The lowest BCUT2D eigenvalue weighted by Crippen LogP contribution is -2.48. The van der Waals surface area contributed by atoms with Crippen LogP contribution >= 0.6 is 0 Å². The number of nitrogens with zero attached hydrogens (tertiary/aromatic N) is 2. The lowest BCUT2D eigenvalue weighted by molar-refractivity contribution is 0.0377. The van der Waals surface area contributed by atoms with Crippen LogP contribution in [0, 0.1) is 5.92 Å². The summed E-state index contributed by atoms with van der Waals surface area (Å²) in [6.45, 7) is 6.33. The van der Waals surface area contributed by atoms with Gasteiger partial charge in [-0.15, -0.1) is 0 Å². The Morgan fingerprint density at radius 3 is 2.60 bits per heavy atom. The van der Waals surface area contributed by atoms with Crippen LogP contribution in [0.3, 0.4) is 0 Å². The Morgan fingerprint density at radius 2 is 2.00 bits per heavy atom. The second kappa shape index (κ2) is 8.03. The van der Waals surface area contributed by atoms with Crippen molar-refractivity contribution in [1.29, 1.82) is 0 Å².